The molecule has 12 heavy (non-hydrogen) atoms. The van der Waals surface area contributed by atoms with E-state index in [1.165, 1.54) is 24.1 Å². The third kappa shape index (κ3) is 1.06. The average molecular weight is 164 g/mol. The second kappa shape index (κ2) is 2.61. The molecule has 0 radical (unpaired) electrons. The molecule has 1 aliphatic carbocycles. The number of rotatable bonds is 1. The van der Waals surface area contributed by atoms with Crippen molar-refractivity contribution in [3.63, 3.8) is 0 Å². The summed E-state index contributed by atoms with van der Waals surface area (Å²) in [6, 6.07) is 0.503. The zero-order chi connectivity index (χ0) is 8.72. The van der Waals surface area contributed by atoms with Crippen LogP contribution in [0.3, 0.4) is 0 Å². The molecule has 0 aromatic carbocycles. The molecule has 66 valence electrons. The highest BCUT2D eigenvalue weighted by atomic mass is 15.3. The van der Waals surface area contributed by atoms with E-state index in [0.29, 0.717) is 6.04 Å². The van der Waals surface area contributed by atoms with E-state index in [4.69, 9.17) is 0 Å². The van der Waals surface area contributed by atoms with Crippen LogP contribution < -0.4 is 0 Å². The molecule has 0 amide bonds. The lowest BCUT2D eigenvalue weighted by Crippen LogP contribution is -2.02. The van der Waals surface area contributed by atoms with Gasteiger partial charge >= 0.3 is 0 Å². The molecule has 2 nitrogen and oxygen atoms in total. The second-order valence-electron chi connectivity index (χ2n) is 4.04. The Morgan fingerprint density at radius 2 is 2.33 bits per heavy atom. The molecule has 0 aliphatic heterocycles. The predicted octanol–water partition coefficient (Wildman–Crippen LogP) is 2.51. The molecular weight excluding hydrogens is 148 g/mol. The summed E-state index contributed by atoms with van der Waals surface area (Å²) >= 11 is 0. The van der Waals surface area contributed by atoms with Crippen LogP contribution in [0.2, 0.25) is 0 Å². The van der Waals surface area contributed by atoms with Gasteiger partial charge < -0.3 is 0 Å². The lowest BCUT2D eigenvalue weighted by Gasteiger charge is -2.05. The van der Waals surface area contributed by atoms with Gasteiger partial charge in [0.25, 0.3) is 0 Å². The standard InChI is InChI=1S/C10H16N2/c1-7(2)12-6-9-8(3)4-5-10(9)11-12/h6-8H,4-5H2,1-3H3. The van der Waals surface area contributed by atoms with Gasteiger partial charge in [-0.1, -0.05) is 6.92 Å². The third-order valence-corrected chi connectivity index (χ3v) is 2.71. The Kier molecular flexibility index (Phi) is 1.71. The van der Waals surface area contributed by atoms with Crippen LogP contribution in [0.1, 0.15) is 50.4 Å². The van der Waals surface area contributed by atoms with Gasteiger partial charge in [0.2, 0.25) is 0 Å². The Morgan fingerprint density at radius 3 is 2.92 bits per heavy atom. The van der Waals surface area contributed by atoms with E-state index in [1.807, 2.05) is 0 Å². The van der Waals surface area contributed by atoms with Crippen LogP contribution in [0.4, 0.5) is 0 Å². The van der Waals surface area contributed by atoms with Crippen LogP contribution in [-0.2, 0) is 6.42 Å². The highest BCUT2D eigenvalue weighted by molar-refractivity contribution is 5.26. The molecule has 0 saturated heterocycles. The largest absolute Gasteiger partial charge is 0.270 e. The van der Waals surface area contributed by atoms with Crippen molar-refractivity contribution in [2.75, 3.05) is 0 Å². The van der Waals surface area contributed by atoms with E-state index in [9.17, 15) is 0 Å². The van der Waals surface area contributed by atoms with Crippen molar-refractivity contribution in [3.05, 3.63) is 17.5 Å². The Bertz CT molecular complexity index is 286. The van der Waals surface area contributed by atoms with Crippen molar-refractivity contribution >= 4 is 0 Å². The topological polar surface area (TPSA) is 17.8 Å². The lowest BCUT2D eigenvalue weighted by molar-refractivity contribution is 0.521. The fourth-order valence-corrected chi connectivity index (χ4v) is 1.82. The van der Waals surface area contributed by atoms with Gasteiger partial charge in [0.05, 0.1) is 5.69 Å². The van der Waals surface area contributed by atoms with Crippen molar-refractivity contribution in [1.82, 2.24) is 9.78 Å². The summed E-state index contributed by atoms with van der Waals surface area (Å²) in [6.07, 6.45) is 4.69. The van der Waals surface area contributed by atoms with Crippen molar-refractivity contribution in [2.24, 2.45) is 0 Å². The molecule has 0 N–H and O–H groups in total. The number of fused-ring (bicyclic) bond motifs is 1. The minimum atomic E-state index is 0.503. The minimum absolute atomic E-state index is 0.503. The number of hydrogen-bond donors (Lipinski definition) is 0. The van der Waals surface area contributed by atoms with Crippen LogP contribution in [0.5, 0.6) is 0 Å². The predicted molar refractivity (Wildman–Crippen MR) is 49.3 cm³/mol. The van der Waals surface area contributed by atoms with Crippen LogP contribution in [-0.4, -0.2) is 9.78 Å². The van der Waals surface area contributed by atoms with Gasteiger partial charge in [-0.05, 0) is 38.2 Å². The molecular formula is C10H16N2. The Hall–Kier alpha value is -0.790. The van der Waals surface area contributed by atoms with Gasteiger partial charge in [-0.3, -0.25) is 4.68 Å². The average Bonchev–Trinajstić information content (AvgIpc) is 2.53. The smallest absolute Gasteiger partial charge is 0.0659 e. The van der Waals surface area contributed by atoms with E-state index in [1.54, 1.807) is 0 Å². The van der Waals surface area contributed by atoms with E-state index >= 15 is 0 Å². The summed E-state index contributed by atoms with van der Waals surface area (Å²) in [5.41, 5.74) is 2.81. The van der Waals surface area contributed by atoms with E-state index in [0.717, 1.165) is 5.92 Å². The van der Waals surface area contributed by atoms with Gasteiger partial charge in [-0.15, -0.1) is 0 Å². The molecule has 1 aromatic rings. The molecule has 0 fully saturated rings. The molecule has 1 heterocycles. The SMILES string of the molecule is CC1CCc2nn(C(C)C)cc21. The first-order chi connectivity index (χ1) is 5.68. The van der Waals surface area contributed by atoms with Crippen molar-refractivity contribution in [3.8, 4) is 0 Å². The number of aryl methyl sites for hydroxylation is 1. The first-order valence-corrected chi connectivity index (χ1v) is 4.76. The van der Waals surface area contributed by atoms with Gasteiger partial charge in [-0.25, -0.2) is 0 Å². The Morgan fingerprint density at radius 1 is 1.58 bits per heavy atom. The quantitative estimate of drug-likeness (QED) is 0.623. The maximum Gasteiger partial charge on any atom is 0.0659 e. The van der Waals surface area contributed by atoms with Crippen molar-refractivity contribution < 1.29 is 0 Å². The fraction of sp³-hybridized carbons (Fsp3) is 0.700. The highest BCUT2D eigenvalue weighted by Gasteiger charge is 2.22. The van der Waals surface area contributed by atoms with Crippen LogP contribution in [0, 0.1) is 0 Å². The molecule has 2 heteroatoms. The maximum absolute atomic E-state index is 4.56. The maximum atomic E-state index is 4.56. The monoisotopic (exact) mass is 164 g/mol. The van der Waals surface area contributed by atoms with Gasteiger partial charge in [0.1, 0.15) is 0 Å². The van der Waals surface area contributed by atoms with E-state index < -0.39 is 0 Å². The molecule has 0 spiro atoms. The van der Waals surface area contributed by atoms with Crippen molar-refractivity contribution in [2.45, 2.75) is 45.6 Å². The van der Waals surface area contributed by atoms with E-state index in [2.05, 4.69) is 36.7 Å². The third-order valence-electron chi connectivity index (χ3n) is 2.71. The lowest BCUT2D eigenvalue weighted by atomic mass is 10.1. The number of hydrogen-bond acceptors (Lipinski definition) is 1. The molecule has 0 saturated carbocycles. The van der Waals surface area contributed by atoms with Crippen LogP contribution in [0.15, 0.2) is 6.20 Å². The van der Waals surface area contributed by atoms with Gasteiger partial charge in [0, 0.05) is 12.2 Å². The summed E-state index contributed by atoms with van der Waals surface area (Å²) in [5, 5.41) is 4.56. The Labute approximate surface area is 73.6 Å². The molecule has 1 aliphatic rings. The summed E-state index contributed by atoms with van der Waals surface area (Å²) in [7, 11) is 0. The Balaban J connectivity index is 2.36. The molecule has 1 unspecified atom stereocenters. The van der Waals surface area contributed by atoms with Gasteiger partial charge in [0.15, 0.2) is 0 Å². The molecule has 0 bridgehead atoms. The first-order valence-electron chi connectivity index (χ1n) is 4.76. The molecule has 2 rings (SSSR count). The van der Waals surface area contributed by atoms with Crippen LogP contribution >= 0.6 is 0 Å². The number of nitrogens with zero attached hydrogens (tertiary/aromatic N) is 2. The second-order valence-corrected chi connectivity index (χ2v) is 4.04. The zero-order valence-electron chi connectivity index (χ0n) is 8.04. The summed E-state index contributed by atoms with van der Waals surface area (Å²) in [4.78, 5) is 0. The summed E-state index contributed by atoms with van der Waals surface area (Å²) in [6.45, 7) is 6.64. The normalized spacial score (nSPS) is 21.8. The summed E-state index contributed by atoms with van der Waals surface area (Å²) < 4.78 is 2.08. The molecule has 1 aromatic heterocycles. The first kappa shape index (κ1) is 7.84. The van der Waals surface area contributed by atoms with Crippen LogP contribution in [0.25, 0.3) is 0 Å². The van der Waals surface area contributed by atoms with Crippen molar-refractivity contribution in [1.29, 1.82) is 0 Å². The summed E-state index contributed by atoms with van der Waals surface area (Å²) in [5.74, 6) is 0.729. The number of aromatic nitrogens is 2. The fourth-order valence-electron chi connectivity index (χ4n) is 1.82. The van der Waals surface area contributed by atoms with Gasteiger partial charge in [-0.2, -0.15) is 5.10 Å². The highest BCUT2D eigenvalue weighted by Crippen LogP contribution is 2.31. The zero-order valence-corrected chi connectivity index (χ0v) is 8.04. The molecule has 1 atom stereocenters. The minimum Gasteiger partial charge on any atom is -0.270 e. The van der Waals surface area contributed by atoms with E-state index in [-0.39, 0.29) is 0 Å².